The summed E-state index contributed by atoms with van der Waals surface area (Å²) in [5.41, 5.74) is 2.93. The van der Waals surface area contributed by atoms with Crippen LogP contribution in [0.25, 0.3) is 43.6 Å². The van der Waals surface area contributed by atoms with Crippen molar-refractivity contribution in [3.05, 3.63) is 89.9 Å². The predicted molar refractivity (Wildman–Crippen MR) is 112 cm³/mol. The van der Waals surface area contributed by atoms with Crippen LogP contribution in [0.2, 0.25) is 0 Å². The number of halogens is 1. The van der Waals surface area contributed by atoms with E-state index in [0.717, 1.165) is 38.2 Å². The van der Waals surface area contributed by atoms with Gasteiger partial charge in [-0.3, -0.25) is 4.98 Å². The molecule has 4 aromatic carbocycles. The maximum atomic E-state index is 14.6. The first kappa shape index (κ1) is 16.4. The van der Waals surface area contributed by atoms with Crippen molar-refractivity contribution in [2.75, 3.05) is 0 Å². The lowest BCUT2D eigenvalue weighted by Gasteiger charge is -2.11. The number of hydrogen-bond acceptors (Lipinski definition) is 2. The van der Waals surface area contributed by atoms with Crippen LogP contribution in [0, 0.1) is 24.1 Å². The molecule has 0 atom stereocenters. The fourth-order valence-corrected chi connectivity index (χ4v) is 3.91. The minimum absolute atomic E-state index is 0.185. The Morgan fingerprint density at radius 2 is 1.57 bits per heavy atom. The largest absolute Gasteiger partial charge is 0.256 e. The van der Waals surface area contributed by atoms with Crippen LogP contribution >= 0.6 is 0 Å². The summed E-state index contributed by atoms with van der Waals surface area (Å²) in [6, 6.07) is 23.5. The molecule has 0 aliphatic carbocycles. The topological polar surface area (TPSA) is 36.7 Å². The van der Waals surface area contributed by atoms with Crippen molar-refractivity contribution in [2.24, 2.45) is 0 Å². The third-order valence-electron chi connectivity index (χ3n) is 5.33. The molecule has 0 aliphatic rings. The van der Waals surface area contributed by atoms with Gasteiger partial charge in [-0.25, -0.2) is 4.39 Å². The van der Waals surface area contributed by atoms with E-state index in [1.807, 2.05) is 54.6 Å². The average Bonchev–Trinajstić information content (AvgIpc) is 2.74. The number of hydrogen-bond donors (Lipinski definition) is 0. The third kappa shape index (κ3) is 2.35. The van der Waals surface area contributed by atoms with Crippen LogP contribution in [-0.2, 0) is 0 Å². The van der Waals surface area contributed by atoms with Crippen molar-refractivity contribution >= 4 is 32.3 Å². The first-order valence-corrected chi connectivity index (χ1v) is 9.07. The van der Waals surface area contributed by atoms with E-state index in [9.17, 15) is 9.65 Å². The zero-order chi connectivity index (χ0) is 19.3. The normalized spacial score (nSPS) is 11.2. The molecule has 3 heteroatoms. The lowest BCUT2D eigenvalue weighted by Crippen LogP contribution is -1.91. The molecule has 0 radical (unpaired) electrons. The Balaban J connectivity index is 1.85. The van der Waals surface area contributed by atoms with Gasteiger partial charge in [0, 0.05) is 22.5 Å². The van der Waals surface area contributed by atoms with Crippen molar-refractivity contribution in [1.82, 2.24) is 4.98 Å². The maximum absolute atomic E-state index is 14.6. The number of aryl methyl sites for hydroxylation is 1. The lowest BCUT2D eigenvalue weighted by atomic mass is 9.95. The Bertz CT molecular complexity index is 1440. The summed E-state index contributed by atoms with van der Waals surface area (Å²) in [4.78, 5) is 4.60. The molecule has 0 spiro atoms. The SMILES string of the molecule is Cc1ccc2c(ccc3c(-c4cc(C#N)c5ccccc5c4)nccc32)c1F. The first-order chi connectivity index (χ1) is 13.7. The molecule has 0 N–H and O–H groups in total. The van der Waals surface area contributed by atoms with E-state index >= 15 is 0 Å². The summed E-state index contributed by atoms with van der Waals surface area (Å²) in [6.07, 6.45) is 1.75. The fourth-order valence-electron chi connectivity index (χ4n) is 3.91. The van der Waals surface area contributed by atoms with E-state index < -0.39 is 0 Å². The van der Waals surface area contributed by atoms with Crippen molar-refractivity contribution in [3.63, 3.8) is 0 Å². The molecule has 0 saturated heterocycles. The second-order valence-electron chi connectivity index (χ2n) is 6.97. The van der Waals surface area contributed by atoms with Crippen LogP contribution in [0.3, 0.4) is 0 Å². The quantitative estimate of drug-likeness (QED) is 0.318. The molecule has 0 fully saturated rings. The molecule has 2 nitrogen and oxygen atoms in total. The van der Waals surface area contributed by atoms with E-state index in [-0.39, 0.29) is 5.82 Å². The molecule has 0 unspecified atom stereocenters. The summed E-state index contributed by atoms with van der Waals surface area (Å²) >= 11 is 0. The Hall–Kier alpha value is -3.77. The van der Waals surface area contributed by atoms with Crippen LogP contribution in [0.1, 0.15) is 11.1 Å². The van der Waals surface area contributed by atoms with Gasteiger partial charge in [-0.15, -0.1) is 0 Å². The van der Waals surface area contributed by atoms with E-state index in [4.69, 9.17) is 0 Å². The van der Waals surface area contributed by atoms with Crippen molar-refractivity contribution < 1.29 is 4.39 Å². The minimum atomic E-state index is -0.185. The molecule has 5 aromatic rings. The van der Waals surface area contributed by atoms with Gasteiger partial charge in [0.2, 0.25) is 0 Å². The molecule has 1 aromatic heterocycles. The molecule has 0 aliphatic heterocycles. The average molecular weight is 362 g/mol. The van der Waals surface area contributed by atoms with Crippen molar-refractivity contribution in [3.8, 4) is 17.3 Å². The number of aromatic nitrogens is 1. The number of benzene rings is 4. The second kappa shape index (κ2) is 6.14. The van der Waals surface area contributed by atoms with Gasteiger partial charge in [0.1, 0.15) is 5.82 Å². The van der Waals surface area contributed by atoms with Gasteiger partial charge < -0.3 is 0 Å². The predicted octanol–water partition coefficient (Wildman–Crippen LogP) is 6.53. The van der Waals surface area contributed by atoms with Gasteiger partial charge >= 0.3 is 0 Å². The van der Waals surface area contributed by atoms with Gasteiger partial charge in [-0.05, 0) is 52.2 Å². The van der Waals surface area contributed by atoms with E-state index in [2.05, 4.69) is 17.1 Å². The van der Waals surface area contributed by atoms with Crippen molar-refractivity contribution in [2.45, 2.75) is 6.92 Å². The molecule has 0 amide bonds. The Morgan fingerprint density at radius 1 is 0.821 bits per heavy atom. The highest BCUT2D eigenvalue weighted by molar-refractivity contribution is 6.12. The van der Waals surface area contributed by atoms with E-state index in [0.29, 0.717) is 16.5 Å². The first-order valence-electron chi connectivity index (χ1n) is 9.07. The summed E-state index contributed by atoms with van der Waals surface area (Å²) in [7, 11) is 0. The number of rotatable bonds is 1. The zero-order valence-electron chi connectivity index (χ0n) is 15.2. The number of nitrogens with zero attached hydrogens (tertiary/aromatic N) is 2. The Kier molecular flexibility index (Phi) is 3.60. The number of nitriles is 1. The highest BCUT2D eigenvalue weighted by Crippen LogP contribution is 2.35. The van der Waals surface area contributed by atoms with Crippen LogP contribution in [0.15, 0.2) is 72.9 Å². The molecular weight excluding hydrogens is 347 g/mol. The Labute approximate surface area is 161 Å². The van der Waals surface area contributed by atoms with Gasteiger partial charge in [0.25, 0.3) is 0 Å². The van der Waals surface area contributed by atoms with Gasteiger partial charge in [0.15, 0.2) is 0 Å². The van der Waals surface area contributed by atoms with Crippen LogP contribution in [0.5, 0.6) is 0 Å². The molecule has 1 heterocycles. The van der Waals surface area contributed by atoms with E-state index in [1.54, 1.807) is 19.2 Å². The standard InChI is InChI=1S/C25H15FN2/c1-15-6-7-20-21-10-11-28-25(23(21)9-8-22(20)24(15)26)17-12-16-4-2-3-5-19(16)18(13-17)14-27/h2-13H,1H3. The Morgan fingerprint density at radius 3 is 2.43 bits per heavy atom. The minimum Gasteiger partial charge on any atom is -0.256 e. The number of fused-ring (bicyclic) bond motifs is 4. The fraction of sp³-hybridized carbons (Fsp3) is 0.0400. The summed E-state index contributed by atoms with van der Waals surface area (Å²) in [6.45, 7) is 1.77. The monoisotopic (exact) mass is 362 g/mol. The molecule has 132 valence electrons. The van der Waals surface area contributed by atoms with Gasteiger partial charge in [-0.1, -0.05) is 48.5 Å². The molecular formula is C25H15FN2. The molecule has 5 rings (SSSR count). The van der Waals surface area contributed by atoms with Crippen LogP contribution < -0.4 is 0 Å². The molecule has 0 saturated carbocycles. The zero-order valence-corrected chi connectivity index (χ0v) is 15.2. The summed E-state index contributed by atoms with van der Waals surface area (Å²) < 4.78 is 14.6. The third-order valence-corrected chi connectivity index (χ3v) is 5.33. The highest BCUT2D eigenvalue weighted by Gasteiger charge is 2.13. The van der Waals surface area contributed by atoms with Crippen molar-refractivity contribution in [1.29, 1.82) is 5.26 Å². The highest BCUT2D eigenvalue weighted by atomic mass is 19.1. The molecule has 28 heavy (non-hydrogen) atoms. The summed E-state index contributed by atoms with van der Waals surface area (Å²) in [5, 5.41) is 14.9. The van der Waals surface area contributed by atoms with Crippen LogP contribution in [-0.4, -0.2) is 4.98 Å². The lowest BCUT2D eigenvalue weighted by molar-refractivity contribution is 0.631. The smallest absolute Gasteiger partial charge is 0.133 e. The maximum Gasteiger partial charge on any atom is 0.133 e. The molecule has 0 bridgehead atoms. The van der Waals surface area contributed by atoms with Gasteiger partial charge in [-0.2, -0.15) is 5.26 Å². The summed E-state index contributed by atoms with van der Waals surface area (Å²) in [5.74, 6) is -0.185. The van der Waals surface area contributed by atoms with E-state index in [1.165, 1.54) is 0 Å². The number of pyridine rings is 1. The van der Waals surface area contributed by atoms with Crippen LogP contribution in [0.4, 0.5) is 4.39 Å². The second-order valence-corrected chi connectivity index (χ2v) is 6.97. The van der Waals surface area contributed by atoms with Gasteiger partial charge in [0.05, 0.1) is 17.3 Å².